The van der Waals surface area contributed by atoms with Crippen molar-refractivity contribution < 1.29 is 4.79 Å². The minimum atomic E-state index is -0.265. The molecule has 7 heteroatoms. The number of nitrogens with zero attached hydrogens (tertiary/aromatic N) is 4. The second-order valence-corrected chi connectivity index (χ2v) is 8.93. The largest absolute Gasteiger partial charge is 0.353 e. The first-order chi connectivity index (χ1) is 16.6. The fourth-order valence-corrected chi connectivity index (χ4v) is 4.25. The summed E-state index contributed by atoms with van der Waals surface area (Å²) in [7, 11) is 0. The van der Waals surface area contributed by atoms with E-state index in [2.05, 4.69) is 56.6 Å². The highest BCUT2D eigenvalue weighted by Crippen LogP contribution is 2.14. The molecule has 1 aromatic heterocycles. The van der Waals surface area contributed by atoms with Gasteiger partial charge in [0.2, 0.25) is 5.91 Å². The minimum absolute atomic E-state index is 0.0179. The summed E-state index contributed by atoms with van der Waals surface area (Å²) < 4.78 is 1.27. The molecule has 1 atom stereocenters. The van der Waals surface area contributed by atoms with Crippen LogP contribution in [0.4, 0.5) is 5.82 Å². The number of aryl methyl sites for hydroxylation is 1. The maximum absolute atomic E-state index is 12.6. The van der Waals surface area contributed by atoms with Gasteiger partial charge in [-0.05, 0) is 37.0 Å². The van der Waals surface area contributed by atoms with Crippen molar-refractivity contribution in [1.29, 1.82) is 0 Å². The molecular formula is C27H33N5O2. The van der Waals surface area contributed by atoms with E-state index in [0.29, 0.717) is 0 Å². The van der Waals surface area contributed by atoms with Crippen LogP contribution in [0.3, 0.4) is 0 Å². The summed E-state index contributed by atoms with van der Waals surface area (Å²) in [5, 5.41) is 7.49. The summed E-state index contributed by atoms with van der Waals surface area (Å²) in [5.41, 5.74) is 2.29. The molecule has 178 valence electrons. The highest BCUT2D eigenvalue weighted by atomic mass is 16.2. The molecule has 7 nitrogen and oxygen atoms in total. The molecule has 1 aliphatic rings. The zero-order valence-electron chi connectivity index (χ0n) is 19.8. The number of carbonyl (C=O) groups is 1. The van der Waals surface area contributed by atoms with Crippen LogP contribution in [-0.4, -0.2) is 52.8 Å². The molecule has 1 fully saturated rings. The highest BCUT2D eigenvalue weighted by molar-refractivity contribution is 5.75. The molecule has 4 rings (SSSR count). The van der Waals surface area contributed by atoms with Crippen molar-refractivity contribution in [3.05, 3.63) is 94.3 Å². The second-order valence-electron chi connectivity index (χ2n) is 8.93. The van der Waals surface area contributed by atoms with Crippen LogP contribution in [0.25, 0.3) is 0 Å². The summed E-state index contributed by atoms with van der Waals surface area (Å²) in [6, 6.07) is 24.0. The van der Waals surface area contributed by atoms with Gasteiger partial charge in [-0.3, -0.25) is 14.5 Å². The summed E-state index contributed by atoms with van der Waals surface area (Å²) >= 11 is 0. The zero-order chi connectivity index (χ0) is 23.8. The Hall–Kier alpha value is -3.45. The van der Waals surface area contributed by atoms with Crippen molar-refractivity contribution in [2.45, 2.75) is 38.9 Å². The molecule has 2 aromatic carbocycles. The molecule has 1 aliphatic heterocycles. The van der Waals surface area contributed by atoms with Crippen LogP contribution >= 0.6 is 0 Å². The van der Waals surface area contributed by atoms with E-state index < -0.39 is 0 Å². The van der Waals surface area contributed by atoms with Gasteiger partial charge in [-0.25, -0.2) is 4.68 Å². The molecule has 0 radical (unpaired) electrons. The van der Waals surface area contributed by atoms with Gasteiger partial charge in [-0.1, -0.05) is 60.7 Å². The van der Waals surface area contributed by atoms with E-state index in [-0.39, 0.29) is 24.1 Å². The van der Waals surface area contributed by atoms with Crippen LogP contribution in [0.5, 0.6) is 0 Å². The third kappa shape index (κ3) is 6.78. The lowest BCUT2D eigenvalue weighted by Crippen LogP contribution is -2.47. The average Bonchev–Trinajstić information content (AvgIpc) is 2.86. The molecule has 0 bridgehead atoms. The Balaban J connectivity index is 1.28. The third-order valence-electron chi connectivity index (χ3n) is 6.21. The lowest BCUT2D eigenvalue weighted by Gasteiger charge is -2.35. The van der Waals surface area contributed by atoms with E-state index >= 15 is 0 Å². The molecule has 0 unspecified atom stereocenters. The maximum Gasteiger partial charge on any atom is 0.267 e. The lowest BCUT2D eigenvalue weighted by molar-refractivity contribution is -0.122. The summed E-state index contributed by atoms with van der Waals surface area (Å²) in [6.45, 7) is 6.37. The number of hydrogen-bond acceptors (Lipinski definition) is 5. The van der Waals surface area contributed by atoms with Crippen LogP contribution in [-0.2, 0) is 24.3 Å². The van der Waals surface area contributed by atoms with Gasteiger partial charge < -0.3 is 10.2 Å². The Kier molecular flexibility index (Phi) is 8.09. The van der Waals surface area contributed by atoms with E-state index in [1.807, 2.05) is 31.2 Å². The highest BCUT2D eigenvalue weighted by Gasteiger charge is 2.19. The van der Waals surface area contributed by atoms with Crippen LogP contribution in [0.15, 0.2) is 77.6 Å². The van der Waals surface area contributed by atoms with Gasteiger partial charge in [0.05, 0.1) is 0 Å². The first-order valence-corrected chi connectivity index (χ1v) is 12.0. The normalized spacial score (nSPS) is 15.1. The molecule has 1 saturated heterocycles. The Bertz CT molecular complexity index is 1110. The quantitative estimate of drug-likeness (QED) is 0.533. The Morgan fingerprint density at radius 3 is 2.24 bits per heavy atom. The van der Waals surface area contributed by atoms with Crippen LogP contribution in [0, 0.1) is 0 Å². The zero-order valence-corrected chi connectivity index (χ0v) is 19.8. The molecule has 3 aromatic rings. The molecular weight excluding hydrogens is 426 g/mol. The van der Waals surface area contributed by atoms with E-state index in [0.717, 1.165) is 51.4 Å². The van der Waals surface area contributed by atoms with Gasteiger partial charge in [0, 0.05) is 44.8 Å². The van der Waals surface area contributed by atoms with Gasteiger partial charge in [0.1, 0.15) is 12.4 Å². The predicted octanol–water partition coefficient (Wildman–Crippen LogP) is 2.70. The monoisotopic (exact) mass is 459 g/mol. The van der Waals surface area contributed by atoms with Gasteiger partial charge in [-0.15, -0.1) is 0 Å². The summed E-state index contributed by atoms with van der Waals surface area (Å²) in [6.07, 6.45) is 1.73. The van der Waals surface area contributed by atoms with Crippen molar-refractivity contribution in [2.24, 2.45) is 0 Å². The summed E-state index contributed by atoms with van der Waals surface area (Å²) in [5.74, 6) is 0.545. The lowest BCUT2D eigenvalue weighted by atomic mass is 10.1. The molecule has 34 heavy (non-hydrogen) atoms. The number of carbonyl (C=O) groups excluding carboxylic acids is 1. The Morgan fingerprint density at radius 2 is 1.56 bits per heavy atom. The number of nitrogens with one attached hydrogen (secondary N) is 1. The van der Waals surface area contributed by atoms with Crippen molar-refractivity contribution in [1.82, 2.24) is 20.0 Å². The third-order valence-corrected chi connectivity index (χ3v) is 6.21. The smallest absolute Gasteiger partial charge is 0.267 e. The van der Waals surface area contributed by atoms with E-state index in [4.69, 9.17) is 0 Å². The SMILES string of the molecule is C[C@H](CCc1ccccc1)NC(=O)Cn1nc(N2CCN(Cc3ccccc3)CC2)ccc1=O. The molecule has 0 spiro atoms. The van der Waals surface area contributed by atoms with Crippen molar-refractivity contribution in [3.8, 4) is 0 Å². The Morgan fingerprint density at radius 1 is 0.912 bits per heavy atom. The molecule has 1 amide bonds. The number of aromatic nitrogens is 2. The second kappa shape index (κ2) is 11.6. The van der Waals surface area contributed by atoms with Crippen LogP contribution in [0.2, 0.25) is 0 Å². The molecule has 1 N–H and O–H groups in total. The fraction of sp³-hybridized carbons (Fsp3) is 0.370. The molecule has 0 saturated carbocycles. The first-order valence-electron chi connectivity index (χ1n) is 12.0. The number of hydrogen-bond donors (Lipinski definition) is 1. The van der Waals surface area contributed by atoms with E-state index in [1.54, 1.807) is 6.07 Å². The van der Waals surface area contributed by atoms with Gasteiger partial charge in [0.15, 0.2) is 0 Å². The van der Waals surface area contributed by atoms with Crippen LogP contribution < -0.4 is 15.8 Å². The van der Waals surface area contributed by atoms with E-state index in [9.17, 15) is 9.59 Å². The predicted molar refractivity (Wildman–Crippen MR) is 135 cm³/mol. The minimum Gasteiger partial charge on any atom is -0.353 e. The van der Waals surface area contributed by atoms with Crippen LogP contribution in [0.1, 0.15) is 24.5 Å². The van der Waals surface area contributed by atoms with Gasteiger partial charge in [-0.2, -0.15) is 5.10 Å². The van der Waals surface area contributed by atoms with Gasteiger partial charge in [0.25, 0.3) is 5.56 Å². The standard InChI is InChI=1S/C27H33N5O2/c1-22(12-13-23-8-4-2-5-9-23)28-26(33)21-32-27(34)15-14-25(29-32)31-18-16-30(17-19-31)20-24-10-6-3-7-11-24/h2-11,14-15,22H,12-13,16-21H2,1H3,(H,28,33)/t22-/m1/s1. The molecule has 0 aliphatic carbocycles. The maximum atomic E-state index is 12.6. The van der Waals surface area contributed by atoms with Crippen molar-refractivity contribution in [2.75, 3.05) is 31.1 Å². The van der Waals surface area contributed by atoms with Crippen molar-refractivity contribution in [3.63, 3.8) is 0 Å². The number of benzene rings is 2. The molecule has 2 heterocycles. The van der Waals surface area contributed by atoms with E-state index in [1.165, 1.54) is 21.9 Å². The topological polar surface area (TPSA) is 70.5 Å². The number of anilines is 1. The number of piperazine rings is 1. The fourth-order valence-electron chi connectivity index (χ4n) is 4.25. The summed E-state index contributed by atoms with van der Waals surface area (Å²) in [4.78, 5) is 29.5. The number of amides is 1. The van der Waals surface area contributed by atoms with Crippen molar-refractivity contribution >= 4 is 11.7 Å². The first kappa shape index (κ1) is 23.7. The number of rotatable bonds is 9. The average molecular weight is 460 g/mol. The van der Waals surface area contributed by atoms with Gasteiger partial charge >= 0.3 is 0 Å². The Labute approximate surface area is 201 Å².